The van der Waals surface area contributed by atoms with E-state index in [0.717, 1.165) is 17.1 Å². The van der Waals surface area contributed by atoms with Crippen LogP contribution >= 0.6 is 11.3 Å². The smallest absolute Gasteiger partial charge is 0.0462 e. The second kappa shape index (κ2) is 11.7. The SMILES string of the molecule is c1ccc(N(c2ccc(-c3ccc4ccc5c6ccccc6ccc5c4c3)cc2)c2ccc(-c3cccc4c3sc3ccccc34)cc2)cc1. The molecule has 1 heterocycles. The summed E-state index contributed by atoms with van der Waals surface area (Å²) in [6, 6.07) is 68.6. The van der Waals surface area contributed by atoms with E-state index in [1.807, 2.05) is 11.3 Å². The number of hydrogen-bond donors (Lipinski definition) is 0. The van der Waals surface area contributed by atoms with Crippen LogP contribution in [-0.2, 0) is 0 Å². The number of anilines is 3. The van der Waals surface area contributed by atoms with E-state index < -0.39 is 0 Å². The molecule has 0 unspecified atom stereocenters. The summed E-state index contributed by atoms with van der Waals surface area (Å²) >= 11 is 1.88. The van der Waals surface area contributed by atoms with Gasteiger partial charge in [-0.2, -0.15) is 0 Å². The predicted molar refractivity (Wildman–Crippen MR) is 217 cm³/mol. The van der Waals surface area contributed by atoms with Crippen LogP contribution in [0.5, 0.6) is 0 Å². The number of hydrogen-bond acceptors (Lipinski definition) is 2. The Labute approximate surface area is 294 Å². The van der Waals surface area contributed by atoms with Gasteiger partial charge in [-0.3, -0.25) is 0 Å². The van der Waals surface area contributed by atoms with E-state index in [-0.39, 0.29) is 0 Å². The number of para-hydroxylation sites is 1. The van der Waals surface area contributed by atoms with Crippen molar-refractivity contribution in [1.29, 1.82) is 0 Å². The fourth-order valence-electron chi connectivity index (χ4n) is 7.59. The molecule has 0 radical (unpaired) electrons. The number of thiophene rings is 1. The van der Waals surface area contributed by atoms with Crippen molar-refractivity contribution in [3.8, 4) is 22.3 Å². The van der Waals surface area contributed by atoms with E-state index in [1.165, 1.54) is 74.7 Å². The Morgan fingerprint density at radius 1 is 0.320 bits per heavy atom. The summed E-state index contributed by atoms with van der Waals surface area (Å²) in [5, 5.41) is 10.4. The highest BCUT2D eigenvalue weighted by atomic mass is 32.1. The molecule has 2 heteroatoms. The third kappa shape index (κ3) is 4.76. The molecular formula is C48H31NS. The van der Waals surface area contributed by atoms with Gasteiger partial charge in [-0.05, 0) is 103 Å². The van der Waals surface area contributed by atoms with Gasteiger partial charge in [0.25, 0.3) is 0 Å². The number of benzene rings is 9. The van der Waals surface area contributed by atoms with E-state index in [4.69, 9.17) is 0 Å². The second-order valence-corrected chi connectivity index (χ2v) is 14.0. The molecule has 1 aromatic heterocycles. The van der Waals surface area contributed by atoms with Gasteiger partial charge in [0.2, 0.25) is 0 Å². The molecule has 0 fully saturated rings. The quantitative estimate of drug-likeness (QED) is 0.167. The summed E-state index contributed by atoms with van der Waals surface area (Å²) in [5.41, 5.74) is 8.30. The molecule has 0 bridgehead atoms. The summed E-state index contributed by atoms with van der Waals surface area (Å²) in [5.74, 6) is 0. The molecule has 9 aromatic carbocycles. The molecule has 0 amide bonds. The van der Waals surface area contributed by atoms with Crippen LogP contribution in [0.1, 0.15) is 0 Å². The minimum absolute atomic E-state index is 1.12. The molecule has 0 saturated carbocycles. The van der Waals surface area contributed by atoms with Gasteiger partial charge in [0.15, 0.2) is 0 Å². The standard InChI is InChI=1S/C48H31NS/c1-2-10-37(11-3-1)49(39-27-21-34(22-28-39)41-14-8-15-45-44-13-6-7-16-47(44)50-48(41)45)38-25-19-32(20-26-38)36-18-17-35-24-29-42-40-12-5-4-9-33(40)23-30-43(42)46(35)31-36/h1-31H. The first kappa shape index (κ1) is 28.8. The summed E-state index contributed by atoms with van der Waals surface area (Å²) in [4.78, 5) is 2.34. The highest BCUT2D eigenvalue weighted by molar-refractivity contribution is 7.26. The molecule has 0 aliphatic carbocycles. The molecule has 1 nitrogen and oxygen atoms in total. The van der Waals surface area contributed by atoms with Gasteiger partial charge in [0.05, 0.1) is 0 Å². The van der Waals surface area contributed by atoms with Crippen LogP contribution in [0.15, 0.2) is 188 Å². The van der Waals surface area contributed by atoms with Crippen molar-refractivity contribution in [2.75, 3.05) is 4.90 Å². The van der Waals surface area contributed by atoms with Crippen molar-refractivity contribution >= 4 is 80.9 Å². The predicted octanol–water partition coefficient (Wildman–Crippen LogP) is 14.3. The molecule has 50 heavy (non-hydrogen) atoms. The summed E-state index contributed by atoms with van der Waals surface area (Å²) in [6.45, 7) is 0. The molecular weight excluding hydrogens is 623 g/mol. The van der Waals surface area contributed by atoms with Gasteiger partial charge < -0.3 is 4.90 Å². The van der Waals surface area contributed by atoms with Crippen LogP contribution in [-0.4, -0.2) is 0 Å². The zero-order valence-electron chi connectivity index (χ0n) is 27.3. The number of rotatable bonds is 5. The lowest BCUT2D eigenvalue weighted by Gasteiger charge is -2.26. The number of nitrogens with zero attached hydrogens (tertiary/aromatic N) is 1. The zero-order chi connectivity index (χ0) is 33.0. The van der Waals surface area contributed by atoms with Crippen molar-refractivity contribution in [3.05, 3.63) is 188 Å². The van der Waals surface area contributed by atoms with E-state index in [2.05, 4.69) is 193 Å². The lowest BCUT2D eigenvalue weighted by Crippen LogP contribution is -2.09. The third-order valence-corrected chi connectivity index (χ3v) is 11.3. The van der Waals surface area contributed by atoms with Gasteiger partial charge in [0.1, 0.15) is 0 Å². The third-order valence-electron chi connectivity index (χ3n) is 10.1. The van der Waals surface area contributed by atoms with Crippen molar-refractivity contribution in [2.24, 2.45) is 0 Å². The van der Waals surface area contributed by atoms with Gasteiger partial charge >= 0.3 is 0 Å². The van der Waals surface area contributed by atoms with Crippen molar-refractivity contribution in [2.45, 2.75) is 0 Å². The van der Waals surface area contributed by atoms with E-state index >= 15 is 0 Å². The topological polar surface area (TPSA) is 3.24 Å². The first-order valence-corrected chi connectivity index (χ1v) is 17.9. The fraction of sp³-hybridized carbons (Fsp3) is 0. The average molecular weight is 654 g/mol. The monoisotopic (exact) mass is 653 g/mol. The van der Waals surface area contributed by atoms with Crippen molar-refractivity contribution in [1.82, 2.24) is 0 Å². The first-order valence-electron chi connectivity index (χ1n) is 17.1. The molecule has 0 atom stereocenters. The van der Waals surface area contributed by atoms with Gasteiger partial charge in [-0.25, -0.2) is 0 Å². The van der Waals surface area contributed by atoms with Gasteiger partial charge in [-0.15, -0.1) is 11.3 Å². The summed E-state index contributed by atoms with van der Waals surface area (Å²) in [7, 11) is 0. The summed E-state index contributed by atoms with van der Waals surface area (Å²) in [6.07, 6.45) is 0. The van der Waals surface area contributed by atoms with Crippen LogP contribution in [0.25, 0.3) is 74.7 Å². The Morgan fingerprint density at radius 2 is 0.880 bits per heavy atom. The Hall–Kier alpha value is -6.22. The van der Waals surface area contributed by atoms with Crippen LogP contribution in [0.4, 0.5) is 17.1 Å². The molecule has 0 N–H and O–H groups in total. The van der Waals surface area contributed by atoms with Crippen LogP contribution < -0.4 is 4.90 Å². The fourth-order valence-corrected chi connectivity index (χ4v) is 8.83. The Bertz CT molecular complexity index is 2850. The van der Waals surface area contributed by atoms with Crippen LogP contribution in [0, 0.1) is 0 Å². The maximum atomic E-state index is 2.35. The van der Waals surface area contributed by atoms with Crippen molar-refractivity contribution in [3.63, 3.8) is 0 Å². The normalized spacial score (nSPS) is 11.6. The maximum Gasteiger partial charge on any atom is 0.0462 e. The highest BCUT2D eigenvalue weighted by Crippen LogP contribution is 2.42. The molecule has 10 aromatic rings. The average Bonchev–Trinajstić information content (AvgIpc) is 3.58. The molecule has 0 spiro atoms. The second-order valence-electron chi connectivity index (χ2n) is 12.9. The largest absolute Gasteiger partial charge is 0.311 e. The molecule has 0 aliphatic heterocycles. The first-order chi connectivity index (χ1) is 24.8. The van der Waals surface area contributed by atoms with Crippen LogP contribution in [0.3, 0.4) is 0 Å². The lowest BCUT2D eigenvalue weighted by atomic mass is 9.94. The molecule has 10 rings (SSSR count). The molecule has 0 saturated heterocycles. The highest BCUT2D eigenvalue weighted by Gasteiger charge is 2.15. The number of fused-ring (bicyclic) bond motifs is 8. The zero-order valence-corrected chi connectivity index (χ0v) is 28.1. The van der Waals surface area contributed by atoms with Gasteiger partial charge in [0, 0.05) is 37.2 Å². The molecule has 0 aliphatic rings. The van der Waals surface area contributed by atoms with E-state index in [0.29, 0.717) is 0 Å². The minimum atomic E-state index is 1.12. The minimum Gasteiger partial charge on any atom is -0.311 e. The van der Waals surface area contributed by atoms with Crippen LogP contribution in [0.2, 0.25) is 0 Å². The Kier molecular flexibility index (Phi) is 6.75. The molecule has 234 valence electrons. The Balaban J connectivity index is 1.02. The van der Waals surface area contributed by atoms with Gasteiger partial charge in [-0.1, -0.05) is 140 Å². The van der Waals surface area contributed by atoms with Crippen molar-refractivity contribution < 1.29 is 0 Å². The summed E-state index contributed by atoms with van der Waals surface area (Å²) < 4.78 is 2.67. The lowest BCUT2D eigenvalue weighted by molar-refractivity contribution is 1.28. The Morgan fingerprint density at radius 3 is 1.66 bits per heavy atom. The van der Waals surface area contributed by atoms with E-state index in [9.17, 15) is 0 Å². The van der Waals surface area contributed by atoms with E-state index in [1.54, 1.807) is 0 Å². The maximum absolute atomic E-state index is 2.35.